The standard InChI is InChI=1S/C19H25F2N3O6S/c20-19(21)14-6-8-23(9-7-14)17-13-15(4-5-16(17)24(25)26)22-31(27,28)12-11-30-18-3-1-2-10-29-18/h4-5,13,18,22H,1-3,6-12H2. The molecule has 1 aromatic carbocycles. The van der Waals surface area contributed by atoms with Crippen molar-refractivity contribution in [2.45, 2.75) is 38.4 Å². The number of nitro groups is 1. The molecule has 0 aliphatic carbocycles. The number of halogens is 2. The Morgan fingerprint density at radius 1 is 1.29 bits per heavy atom. The van der Waals surface area contributed by atoms with Gasteiger partial charge in [0.05, 0.1) is 23.0 Å². The van der Waals surface area contributed by atoms with Crippen LogP contribution in [-0.2, 0) is 19.5 Å². The molecule has 12 heteroatoms. The van der Waals surface area contributed by atoms with Crippen molar-refractivity contribution in [1.29, 1.82) is 0 Å². The van der Waals surface area contributed by atoms with E-state index < -0.39 is 27.3 Å². The second-order valence-corrected chi connectivity index (χ2v) is 9.24. The zero-order chi connectivity index (χ0) is 22.4. The van der Waals surface area contributed by atoms with Crippen LogP contribution in [0.5, 0.6) is 0 Å². The zero-order valence-electron chi connectivity index (χ0n) is 16.9. The van der Waals surface area contributed by atoms with Gasteiger partial charge in [0.2, 0.25) is 10.0 Å². The Morgan fingerprint density at radius 2 is 2.03 bits per heavy atom. The van der Waals surface area contributed by atoms with Gasteiger partial charge in [-0.05, 0) is 49.8 Å². The van der Waals surface area contributed by atoms with Crippen LogP contribution in [-0.4, -0.2) is 51.7 Å². The van der Waals surface area contributed by atoms with E-state index in [1.165, 1.54) is 18.2 Å². The lowest BCUT2D eigenvalue weighted by atomic mass is 10.0. The van der Waals surface area contributed by atoms with Crippen molar-refractivity contribution in [3.63, 3.8) is 0 Å². The van der Waals surface area contributed by atoms with Crippen LogP contribution in [0.2, 0.25) is 0 Å². The number of nitro benzene ring substituents is 1. The van der Waals surface area contributed by atoms with Crippen LogP contribution in [0.25, 0.3) is 0 Å². The van der Waals surface area contributed by atoms with Crippen molar-refractivity contribution in [3.05, 3.63) is 40.0 Å². The largest absolute Gasteiger partial charge is 0.365 e. The Bertz CT molecular complexity index is 921. The first-order valence-electron chi connectivity index (χ1n) is 10.1. The van der Waals surface area contributed by atoms with E-state index in [-0.39, 0.29) is 60.9 Å². The lowest BCUT2D eigenvalue weighted by molar-refractivity contribution is -0.384. The van der Waals surface area contributed by atoms with Gasteiger partial charge in [0.15, 0.2) is 6.29 Å². The lowest BCUT2D eigenvalue weighted by Gasteiger charge is -2.29. The normalized spacial score (nSPS) is 19.9. The highest BCUT2D eigenvalue weighted by molar-refractivity contribution is 7.92. The Hall–Kier alpha value is -2.31. The van der Waals surface area contributed by atoms with Gasteiger partial charge < -0.3 is 14.4 Å². The van der Waals surface area contributed by atoms with Crippen molar-refractivity contribution in [2.75, 3.05) is 41.7 Å². The third-order valence-electron chi connectivity index (χ3n) is 5.21. The Balaban J connectivity index is 1.66. The zero-order valence-corrected chi connectivity index (χ0v) is 17.7. The number of anilines is 2. The van der Waals surface area contributed by atoms with E-state index in [1.807, 2.05) is 0 Å². The van der Waals surface area contributed by atoms with Crippen molar-refractivity contribution < 1.29 is 31.6 Å². The molecule has 0 saturated carbocycles. The molecule has 0 amide bonds. The van der Waals surface area contributed by atoms with Crippen molar-refractivity contribution >= 4 is 27.1 Å². The Kier molecular flexibility index (Phi) is 7.79. The molecule has 0 bridgehead atoms. The minimum atomic E-state index is -3.76. The van der Waals surface area contributed by atoms with Gasteiger partial charge in [-0.3, -0.25) is 14.8 Å². The summed E-state index contributed by atoms with van der Waals surface area (Å²) in [5, 5.41) is 11.4. The summed E-state index contributed by atoms with van der Waals surface area (Å²) in [6, 6.07) is 3.88. The molecule has 0 aromatic heterocycles. The first-order chi connectivity index (χ1) is 14.7. The number of piperidine rings is 1. The van der Waals surface area contributed by atoms with Crippen LogP contribution in [0.3, 0.4) is 0 Å². The molecule has 172 valence electrons. The number of sulfonamides is 1. The second kappa shape index (κ2) is 10.3. The number of benzene rings is 1. The van der Waals surface area contributed by atoms with E-state index in [0.29, 0.717) is 6.61 Å². The van der Waals surface area contributed by atoms with E-state index in [2.05, 4.69) is 4.72 Å². The number of ether oxygens (including phenoxy) is 2. The van der Waals surface area contributed by atoms with Crippen LogP contribution in [0, 0.1) is 10.1 Å². The molecule has 1 N–H and O–H groups in total. The molecule has 2 saturated heterocycles. The third kappa shape index (κ3) is 6.58. The lowest BCUT2D eigenvalue weighted by Crippen LogP contribution is -2.31. The first kappa shape index (κ1) is 23.4. The molecule has 2 aliphatic heterocycles. The monoisotopic (exact) mass is 461 g/mol. The fourth-order valence-electron chi connectivity index (χ4n) is 3.56. The minimum Gasteiger partial charge on any atom is -0.365 e. The molecule has 1 atom stereocenters. The molecule has 1 aromatic rings. The average Bonchev–Trinajstić information content (AvgIpc) is 2.74. The molecule has 9 nitrogen and oxygen atoms in total. The summed E-state index contributed by atoms with van der Waals surface area (Å²) < 4.78 is 63.6. The SMILES string of the molecule is O=[N+]([O-])c1ccc(NS(=O)(=O)CCOC2CCCCO2)cc1N1CCC(=C(F)F)CC1. The van der Waals surface area contributed by atoms with Crippen LogP contribution in [0.4, 0.5) is 25.8 Å². The molecule has 3 rings (SSSR count). The first-order valence-corrected chi connectivity index (χ1v) is 11.7. The van der Waals surface area contributed by atoms with E-state index in [9.17, 15) is 27.3 Å². The summed E-state index contributed by atoms with van der Waals surface area (Å²) in [6.45, 7) is 0.904. The van der Waals surface area contributed by atoms with Crippen molar-refractivity contribution in [3.8, 4) is 0 Å². The highest BCUT2D eigenvalue weighted by atomic mass is 32.2. The maximum atomic E-state index is 12.8. The molecule has 1 unspecified atom stereocenters. The number of rotatable bonds is 8. The van der Waals surface area contributed by atoms with Gasteiger partial charge in [-0.1, -0.05) is 0 Å². The van der Waals surface area contributed by atoms with Crippen LogP contribution < -0.4 is 9.62 Å². The van der Waals surface area contributed by atoms with Crippen molar-refractivity contribution in [2.24, 2.45) is 0 Å². The smallest absolute Gasteiger partial charge is 0.292 e. The van der Waals surface area contributed by atoms with E-state index >= 15 is 0 Å². The summed E-state index contributed by atoms with van der Waals surface area (Å²) in [5.41, 5.74) is 0.175. The van der Waals surface area contributed by atoms with Crippen molar-refractivity contribution in [1.82, 2.24) is 0 Å². The summed E-state index contributed by atoms with van der Waals surface area (Å²) in [5.74, 6) is -0.299. The Labute approximate surface area is 179 Å². The van der Waals surface area contributed by atoms with Gasteiger partial charge in [-0.15, -0.1) is 0 Å². The second-order valence-electron chi connectivity index (χ2n) is 7.40. The summed E-state index contributed by atoms with van der Waals surface area (Å²) in [6.07, 6.45) is 0.718. The maximum Gasteiger partial charge on any atom is 0.292 e. The van der Waals surface area contributed by atoms with Gasteiger partial charge in [0, 0.05) is 25.8 Å². The van der Waals surface area contributed by atoms with E-state index in [4.69, 9.17) is 9.47 Å². The quantitative estimate of drug-likeness (QED) is 0.465. The highest BCUT2D eigenvalue weighted by Crippen LogP contribution is 2.34. The van der Waals surface area contributed by atoms with Crippen LogP contribution >= 0.6 is 0 Å². The summed E-state index contributed by atoms with van der Waals surface area (Å²) in [7, 11) is -3.76. The predicted molar refractivity (Wildman–Crippen MR) is 111 cm³/mol. The van der Waals surface area contributed by atoms with Gasteiger partial charge in [-0.25, -0.2) is 8.42 Å². The minimum absolute atomic E-state index is 0.0395. The number of hydrogen-bond donors (Lipinski definition) is 1. The molecular weight excluding hydrogens is 436 g/mol. The molecule has 2 fully saturated rings. The molecule has 0 radical (unpaired) electrons. The highest BCUT2D eigenvalue weighted by Gasteiger charge is 2.25. The fourth-order valence-corrected chi connectivity index (χ4v) is 4.47. The van der Waals surface area contributed by atoms with Gasteiger partial charge in [-0.2, -0.15) is 8.78 Å². The fraction of sp³-hybridized carbons (Fsp3) is 0.579. The number of hydrogen-bond acceptors (Lipinski definition) is 7. The Morgan fingerprint density at radius 3 is 2.65 bits per heavy atom. The molecule has 2 heterocycles. The molecule has 2 aliphatic rings. The van der Waals surface area contributed by atoms with Gasteiger partial charge in [0.1, 0.15) is 5.69 Å². The maximum absolute atomic E-state index is 12.8. The molecule has 31 heavy (non-hydrogen) atoms. The topological polar surface area (TPSA) is 111 Å². The summed E-state index contributed by atoms with van der Waals surface area (Å²) in [4.78, 5) is 12.4. The van der Waals surface area contributed by atoms with E-state index in [1.54, 1.807) is 4.90 Å². The molecule has 0 spiro atoms. The van der Waals surface area contributed by atoms with Crippen LogP contribution in [0.1, 0.15) is 32.1 Å². The van der Waals surface area contributed by atoms with E-state index in [0.717, 1.165) is 19.3 Å². The van der Waals surface area contributed by atoms with Crippen LogP contribution in [0.15, 0.2) is 29.9 Å². The number of nitrogens with one attached hydrogen (secondary N) is 1. The summed E-state index contributed by atoms with van der Waals surface area (Å²) >= 11 is 0. The van der Waals surface area contributed by atoms with Gasteiger partial charge in [0.25, 0.3) is 11.8 Å². The number of nitrogens with zero attached hydrogens (tertiary/aromatic N) is 2. The van der Waals surface area contributed by atoms with Gasteiger partial charge >= 0.3 is 0 Å². The average molecular weight is 461 g/mol. The molecular formula is C19H25F2N3O6S. The third-order valence-corrected chi connectivity index (χ3v) is 6.46. The predicted octanol–water partition coefficient (Wildman–Crippen LogP) is 3.63.